The van der Waals surface area contributed by atoms with Crippen LogP contribution in [-0.4, -0.2) is 16.7 Å². The molecule has 0 aliphatic carbocycles. The van der Waals surface area contributed by atoms with Gasteiger partial charge in [-0.05, 0) is 35.9 Å². The summed E-state index contributed by atoms with van der Waals surface area (Å²) in [5, 5.41) is 1.16. The van der Waals surface area contributed by atoms with E-state index in [1.165, 1.54) is 29.3 Å². The summed E-state index contributed by atoms with van der Waals surface area (Å²) in [4.78, 5) is 18.3. The first kappa shape index (κ1) is 17.1. The number of rotatable bonds is 3. The van der Waals surface area contributed by atoms with Gasteiger partial charge in [-0.2, -0.15) is 0 Å². The third-order valence-electron chi connectivity index (χ3n) is 3.98. The second-order valence-corrected chi connectivity index (χ2v) is 7.47. The summed E-state index contributed by atoms with van der Waals surface area (Å²) in [5.41, 5.74) is 2.18. The average Bonchev–Trinajstić information content (AvgIpc) is 3.08. The minimum Gasteiger partial charge on any atom is -0.495 e. The van der Waals surface area contributed by atoms with Gasteiger partial charge in [0.15, 0.2) is 0 Å². The molecule has 4 nitrogen and oxygen atoms in total. The number of methoxy groups -OCH3 is 1. The fourth-order valence-electron chi connectivity index (χ4n) is 2.65. The minimum absolute atomic E-state index is 0.135. The number of aromatic nitrogens is 2. The quantitative estimate of drug-likeness (QED) is 0.458. The molecule has 2 aromatic heterocycles. The normalized spacial score (nSPS) is 11.0. The summed E-state index contributed by atoms with van der Waals surface area (Å²) in [6.45, 7) is 0. The Hall–Kier alpha value is -2.34. The van der Waals surface area contributed by atoms with E-state index in [0.29, 0.717) is 31.7 Å². The summed E-state index contributed by atoms with van der Waals surface area (Å²) in [5.74, 6) is 0.504. The monoisotopic (exact) mass is 402 g/mol. The third-order valence-corrected chi connectivity index (χ3v) is 5.70. The highest BCUT2D eigenvalue weighted by Crippen LogP contribution is 2.32. The number of hydrogen-bond donors (Lipinski definition) is 0. The van der Waals surface area contributed by atoms with Crippen LogP contribution in [0, 0.1) is 0 Å². The molecule has 0 radical (unpaired) electrons. The zero-order chi connectivity index (χ0) is 18.3. The summed E-state index contributed by atoms with van der Waals surface area (Å²) in [7, 11) is 1.53. The van der Waals surface area contributed by atoms with E-state index in [1.54, 1.807) is 18.2 Å². The van der Waals surface area contributed by atoms with Crippen molar-refractivity contribution in [1.82, 2.24) is 9.55 Å². The number of nitrogens with zero attached hydrogens (tertiary/aromatic N) is 2. The molecule has 0 amide bonds. The van der Waals surface area contributed by atoms with Gasteiger partial charge >= 0.3 is 0 Å². The van der Waals surface area contributed by atoms with E-state index in [9.17, 15) is 4.79 Å². The summed E-state index contributed by atoms with van der Waals surface area (Å²) >= 11 is 13.4. The first-order chi connectivity index (χ1) is 12.6. The molecule has 0 saturated heterocycles. The fourth-order valence-corrected chi connectivity index (χ4v) is 4.02. The van der Waals surface area contributed by atoms with Crippen molar-refractivity contribution in [3.05, 3.63) is 75.3 Å². The smallest absolute Gasteiger partial charge is 0.275 e. The lowest BCUT2D eigenvalue weighted by Gasteiger charge is -2.08. The molecule has 0 unspecified atom stereocenters. The van der Waals surface area contributed by atoms with Crippen LogP contribution in [0.15, 0.2) is 59.7 Å². The van der Waals surface area contributed by atoms with E-state index in [2.05, 4.69) is 4.98 Å². The maximum absolute atomic E-state index is 13.0. The third kappa shape index (κ3) is 2.98. The summed E-state index contributed by atoms with van der Waals surface area (Å²) in [6.07, 6.45) is 1.52. The lowest BCUT2D eigenvalue weighted by Crippen LogP contribution is -2.17. The molecule has 4 rings (SSSR count). The average molecular weight is 403 g/mol. The highest BCUT2D eigenvalue weighted by Gasteiger charge is 2.12. The van der Waals surface area contributed by atoms with E-state index in [0.717, 1.165) is 10.4 Å². The molecule has 26 heavy (non-hydrogen) atoms. The van der Waals surface area contributed by atoms with Crippen LogP contribution in [0.1, 0.15) is 0 Å². The molecular weight excluding hydrogens is 391 g/mol. The molecule has 4 aromatic rings. The van der Waals surface area contributed by atoms with Crippen LogP contribution >= 0.6 is 34.5 Å². The molecule has 0 saturated carbocycles. The number of fused-ring (bicyclic) bond motifs is 1. The Labute approximate surface area is 163 Å². The van der Waals surface area contributed by atoms with Gasteiger partial charge in [-0.25, -0.2) is 4.98 Å². The van der Waals surface area contributed by atoms with Gasteiger partial charge in [-0.3, -0.25) is 9.36 Å². The van der Waals surface area contributed by atoms with Crippen molar-refractivity contribution in [3.63, 3.8) is 0 Å². The molecular formula is C19H12Cl2N2O2S. The second-order valence-electron chi connectivity index (χ2n) is 5.57. The zero-order valence-electron chi connectivity index (χ0n) is 13.6. The number of thiophene rings is 1. The first-order valence-electron chi connectivity index (χ1n) is 7.68. The van der Waals surface area contributed by atoms with E-state index >= 15 is 0 Å². The van der Waals surface area contributed by atoms with E-state index in [1.807, 2.05) is 30.3 Å². The van der Waals surface area contributed by atoms with Crippen LogP contribution < -0.4 is 10.3 Å². The highest BCUT2D eigenvalue weighted by molar-refractivity contribution is 7.22. The molecule has 0 atom stereocenters. The molecule has 2 heterocycles. The van der Waals surface area contributed by atoms with Gasteiger partial charge in [0, 0.05) is 16.0 Å². The van der Waals surface area contributed by atoms with Gasteiger partial charge in [0.1, 0.15) is 16.8 Å². The van der Waals surface area contributed by atoms with Gasteiger partial charge in [0.25, 0.3) is 5.56 Å². The van der Waals surface area contributed by atoms with Crippen LogP contribution in [0.4, 0.5) is 0 Å². The van der Waals surface area contributed by atoms with Crippen molar-refractivity contribution in [1.29, 1.82) is 0 Å². The van der Waals surface area contributed by atoms with Crippen molar-refractivity contribution < 1.29 is 4.74 Å². The van der Waals surface area contributed by atoms with Crippen LogP contribution in [0.5, 0.6) is 5.75 Å². The topological polar surface area (TPSA) is 44.1 Å². The standard InChI is InChI=1S/C19H12Cl2N2O2S/c1-25-16-8-13(6-7-14(16)21)23-10-22-15-9-17(26-18(15)19(23)24)11-2-4-12(20)5-3-11/h2-10H,1H3. The number of ether oxygens (including phenoxy) is 1. The van der Waals surface area contributed by atoms with Crippen LogP contribution in [0.3, 0.4) is 0 Å². The minimum atomic E-state index is -0.135. The molecule has 0 N–H and O–H groups in total. The van der Waals surface area contributed by atoms with Crippen molar-refractivity contribution in [3.8, 4) is 21.9 Å². The van der Waals surface area contributed by atoms with E-state index in [-0.39, 0.29) is 5.56 Å². The molecule has 7 heteroatoms. The first-order valence-corrected chi connectivity index (χ1v) is 9.25. The lowest BCUT2D eigenvalue weighted by molar-refractivity contribution is 0.415. The van der Waals surface area contributed by atoms with Gasteiger partial charge < -0.3 is 4.74 Å². The Bertz CT molecular complexity index is 1170. The number of benzene rings is 2. The molecule has 0 spiro atoms. The van der Waals surface area contributed by atoms with Crippen molar-refractivity contribution in [2.75, 3.05) is 7.11 Å². The van der Waals surface area contributed by atoms with Crippen molar-refractivity contribution in [2.24, 2.45) is 0 Å². The maximum atomic E-state index is 13.0. The highest BCUT2D eigenvalue weighted by atomic mass is 35.5. The predicted molar refractivity (Wildman–Crippen MR) is 107 cm³/mol. The summed E-state index contributed by atoms with van der Waals surface area (Å²) in [6, 6.07) is 14.6. The Morgan fingerprint density at radius 3 is 2.58 bits per heavy atom. The number of hydrogen-bond acceptors (Lipinski definition) is 4. The lowest BCUT2D eigenvalue weighted by atomic mass is 10.2. The molecule has 0 bridgehead atoms. The van der Waals surface area contributed by atoms with Crippen LogP contribution in [0.2, 0.25) is 10.0 Å². The number of halogens is 2. The Morgan fingerprint density at radius 1 is 1.08 bits per heavy atom. The second kappa shape index (κ2) is 6.76. The van der Waals surface area contributed by atoms with Crippen molar-refractivity contribution in [2.45, 2.75) is 0 Å². The van der Waals surface area contributed by atoms with E-state index < -0.39 is 0 Å². The predicted octanol–water partition coefficient (Wildman–Crippen LogP) is 5.43. The molecule has 0 aliphatic rings. The zero-order valence-corrected chi connectivity index (χ0v) is 15.9. The van der Waals surface area contributed by atoms with Gasteiger partial charge in [0.05, 0.1) is 23.3 Å². The summed E-state index contributed by atoms with van der Waals surface area (Å²) < 4.78 is 7.31. The maximum Gasteiger partial charge on any atom is 0.275 e. The molecule has 0 fully saturated rings. The molecule has 130 valence electrons. The Balaban J connectivity index is 1.85. The van der Waals surface area contributed by atoms with Gasteiger partial charge in [0.2, 0.25) is 0 Å². The van der Waals surface area contributed by atoms with Crippen LogP contribution in [0.25, 0.3) is 26.3 Å². The fraction of sp³-hybridized carbons (Fsp3) is 0.0526. The van der Waals surface area contributed by atoms with Crippen LogP contribution in [-0.2, 0) is 0 Å². The largest absolute Gasteiger partial charge is 0.495 e. The molecule has 0 aliphatic heterocycles. The molecule has 2 aromatic carbocycles. The van der Waals surface area contributed by atoms with Gasteiger partial charge in [-0.1, -0.05) is 35.3 Å². The van der Waals surface area contributed by atoms with Gasteiger partial charge in [-0.15, -0.1) is 11.3 Å². The Kier molecular flexibility index (Phi) is 4.44. The SMILES string of the molecule is COc1cc(-n2cnc3cc(-c4ccc(Cl)cc4)sc3c2=O)ccc1Cl. The van der Waals surface area contributed by atoms with Crippen molar-refractivity contribution >= 4 is 44.8 Å². The Morgan fingerprint density at radius 2 is 1.85 bits per heavy atom. The van der Waals surface area contributed by atoms with E-state index in [4.69, 9.17) is 27.9 Å².